The maximum Gasteiger partial charge on any atom is 0.00951 e. The van der Waals surface area contributed by atoms with Gasteiger partial charge >= 0.3 is 0 Å². The molecule has 0 aromatic rings. The van der Waals surface area contributed by atoms with Gasteiger partial charge in [-0.1, -0.05) is 18.6 Å². The van der Waals surface area contributed by atoms with Crippen LogP contribution in [0.3, 0.4) is 0 Å². The molecule has 0 amide bonds. The highest BCUT2D eigenvalue weighted by Crippen LogP contribution is 2.18. The number of hydrogen-bond acceptors (Lipinski definition) is 1. The quantitative estimate of drug-likeness (QED) is 0.584. The van der Waals surface area contributed by atoms with Crippen molar-refractivity contribution in [2.75, 3.05) is 13.6 Å². The summed E-state index contributed by atoms with van der Waals surface area (Å²) >= 11 is 0. The van der Waals surface area contributed by atoms with Crippen LogP contribution in [0.4, 0.5) is 0 Å². The molecule has 0 N–H and O–H groups in total. The number of allylic oxidation sites excluding steroid dienone is 2. The van der Waals surface area contributed by atoms with E-state index in [0.29, 0.717) is 0 Å². The van der Waals surface area contributed by atoms with E-state index in [-0.39, 0.29) is 0 Å². The van der Waals surface area contributed by atoms with Crippen LogP contribution < -0.4 is 0 Å². The third-order valence-corrected chi connectivity index (χ3v) is 2.82. The molecule has 1 aliphatic heterocycles. The van der Waals surface area contributed by atoms with Crippen molar-refractivity contribution in [2.45, 2.75) is 45.1 Å². The van der Waals surface area contributed by atoms with Crippen molar-refractivity contribution in [3.05, 3.63) is 12.2 Å². The first kappa shape index (κ1) is 9.79. The molecule has 0 aromatic carbocycles. The Labute approximate surface area is 76.5 Å². The maximum absolute atomic E-state index is 2.52. The molecule has 0 aliphatic carbocycles. The molecule has 12 heavy (non-hydrogen) atoms. The summed E-state index contributed by atoms with van der Waals surface area (Å²) in [4.78, 5) is 2.52. The van der Waals surface area contributed by atoms with Gasteiger partial charge in [-0.25, -0.2) is 0 Å². The van der Waals surface area contributed by atoms with Crippen LogP contribution in [-0.4, -0.2) is 24.5 Å². The van der Waals surface area contributed by atoms with E-state index in [0.717, 1.165) is 6.04 Å². The van der Waals surface area contributed by atoms with Crippen LogP contribution in [0.2, 0.25) is 0 Å². The first-order chi connectivity index (χ1) is 5.84. The summed E-state index contributed by atoms with van der Waals surface area (Å²) in [5, 5.41) is 0. The fraction of sp³-hybridized carbons (Fsp3) is 0.818. The smallest absolute Gasteiger partial charge is 0.00951 e. The number of piperidine rings is 1. The summed E-state index contributed by atoms with van der Waals surface area (Å²) in [7, 11) is 2.26. The minimum absolute atomic E-state index is 0.856. The van der Waals surface area contributed by atoms with Gasteiger partial charge in [-0.15, -0.1) is 0 Å². The summed E-state index contributed by atoms with van der Waals surface area (Å²) in [6.45, 7) is 3.41. The summed E-state index contributed by atoms with van der Waals surface area (Å²) in [5.74, 6) is 0. The topological polar surface area (TPSA) is 3.24 Å². The molecule has 1 heteroatoms. The van der Waals surface area contributed by atoms with Crippen molar-refractivity contribution in [1.29, 1.82) is 0 Å². The molecule has 70 valence electrons. The molecular formula is C11H21N. The van der Waals surface area contributed by atoms with Crippen LogP contribution in [0.15, 0.2) is 12.2 Å². The Morgan fingerprint density at radius 2 is 2.25 bits per heavy atom. The lowest BCUT2D eigenvalue weighted by Crippen LogP contribution is -2.35. The van der Waals surface area contributed by atoms with E-state index in [4.69, 9.17) is 0 Å². The predicted octanol–water partition coefficient (Wildman–Crippen LogP) is 2.83. The van der Waals surface area contributed by atoms with E-state index >= 15 is 0 Å². The Morgan fingerprint density at radius 1 is 1.42 bits per heavy atom. The van der Waals surface area contributed by atoms with Gasteiger partial charge in [0.05, 0.1) is 0 Å². The lowest BCUT2D eigenvalue weighted by molar-refractivity contribution is 0.177. The molecule has 1 rings (SSSR count). The van der Waals surface area contributed by atoms with E-state index < -0.39 is 0 Å². The van der Waals surface area contributed by atoms with Crippen LogP contribution in [0, 0.1) is 0 Å². The molecular weight excluding hydrogens is 146 g/mol. The highest BCUT2D eigenvalue weighted by molar-refractivity contribution is 4.81. The lowest BCUT2D eigenvalue weighted by atomic mass is 9.99. The molecule has 1 fully saturated rings. The SMILES string of the molecule is C/C=C/CCC1CCCCN1C. The highest BCUT2D eigenvalue weighted by atomic mass is 15.1. The standard InChI is InChI=1S/C11H21N/c1-3-4-5-8-11-9-6-7-10-12(11)2/h3-4,11H,5-10H2,1-2H3/b4-3+. The van der Waals surface area contributed by atoms with Crippen molar-refractivity contribution in [1.82, 2.24) is 4.90 Å². The zero-order chi connectivity index (χ0) is 8.81. The van der Waals surface area contributed by atoms with E-state index in [1.807, 2.05) is 0 Å². The largest absolute Gasteiger partial charge is 0.303 e. The van der Waals surface area contributed by atoms with Crippen molar-refractivity contribution in [2.24, 2.45) is 0 Å². The van der Waals surface area contributed by atoms with Crippen molar-refractivity contribution >= 4 is 0 Å². The number of nitrogens with zero attached hydrogens (tertiary/aromatic N) is 1. The van der Waals surface area contributed by atoms with Crippen LogP contribution in [0.25, 0.3) is 0 Å². The molecule has 0 saturated carbocycles. The third kappa shape index (κ3) is 2.98. The number of rotatable bonds is 3. The van der Waals surface area contributed by atoms with Gasteiger partial charge in [-0.2, -0.15) is 0 Å². The Hall–Kier alpha value is -0.300. The van der Waals surface area contributed by atoms with Crippen molar-refractivity contribution in [3.8, 4) is 0 Å². The summed E-state index contributed by atoms with van der Waals surface area (Å²) in [5.41, 5.74) is 0. The molecule has 1 aliphatic rings. The van der Waals surface area contributed by atoms with E-state index in [1.54, 1.807) is 0 Å². The molecule has 1 atom stereocenters. The van der Waals surface area contributed by atoms with Crippen LogP contribution in [-0.2, 0) is 0 Å². The molecule has 0 aromatic heterocycles. The Balaban J connectivity index is 2.20. The molecule has 0 spiro atoms. The fourth-order valence-corrected chi connectivity index (χ4v) is 1.96. The van der Waals surface area contributed by atoms with E-state index in [2.05, 4.69) is 31.0 Å². The van der Waals surface area contributed by atoms with E-state index in [9.17, 15) is 0 Å². The molecule has 1 unspecified atom stereocenters. The Morgan fingerprint density at radius 3 is 2.92 bits per heavy atom. The Kier molecular flexibility index (Phi) is 4.37. The predicted molar refractivity (Wildman–Crippen MR) is 54.3 cm³/mol. The third-order valence-electron chi connectivity index (χ3n) is 2.82. The minimum atomic E-state index is 0.856. The summed E-state index contributed by atoms with van der Waals surface area (Å²) in [6, 6.07) is 0.856. The second kappa shape index (κ2) is 5.36. The first-order valence-electron chi connectivity index (χ1n) is 5.16. The van der Waals surface area contributed by atoms with Crippen LogP contribution >= 0.6 is 0 Å². The van der Waals surface area contributed by atoms with Gasteiger partial charge in [0.25, 0.3) is 0 Å². The summed E-state index contributed by atoms with van der Waals surface area (Å²) in [6.07, 6.45) is 11.3. The zero-order valence-corrected chi connectivity index (χ0v) is 8.42. The van der Waals surface area contributed by atoms with Crippen LogP contribution in [0.5, 0.6) is 0 Å². The molecule has 0 bridgehead atoms. The molecule has 1 heterocycles. The van der Waals surface area contributed by atoms with Crippen molar-refractivity contribution < 1.29 is 0 Å². The highest BCUT2D eigenvalue weighted by Gasteiger charge is 2.17. The molecule has 1 saturated heterocycles. The van der Waals surface area contributed by atoms with Gasteiger partial charge in [0.2, 0.25) is 0 Å². The van der Waals surface area contributed by atoms with Gasteiger partial charge in [-0.05, 0) is 46.2 Å². The zero-order valence-electron chi connectivity index (χ0n) is 8.42. The summed E-state index contributed by atoms with van der Waals surface area (Å²) < 4.78 is 0. The van der Waals surface area contributed by atoms with Crippen molar-refractivity contribution in [3.63, 3.8) is 0 Å². The monoisotopic (exact) mass is 167 g/mol. The second-order valence-corrected chi connectivity index (χ2v) is 3.78. The lowest BCUT2D eigenvalue weighted by Gasteiger charge is -2.32. The molecule has 0 radical (unpaired) electrons. The van der Waals surface area contributed by atoms with Crippen LogP contribution in [0.1, 0.15) is 39.0 Å². The average Bonchev–Trinajstić information content (AvgIpc) is 2.09. The normalized spacial score (nSPS) is 26.7. The number of likely N-dealkylation sites (tertiary alicyclic amines) is 1. The number of hydrogen-bond donors (Lipinski definition) is 0. The molecule has 1 nitrogen and oxygen atoms in total. The van der Waals surface area contributed by atoms with Gasteiger partial charge < -0.3 is 4.90 Å². The minimum Gasteiger partial charge on any atom is -0.303 e. The van der Waals surface area contributed by atoms with E-state index in [1.165, 1.54) is 38.6 Å². The van der Waals surface area contributed by atoms with Gasteiger partial charge in [0.15, 0.2) is 0 Å². The second-order valence-electron chi connectivity index (χ2n) is 3.78. The van der Waals surface area contributed by atoms with Gasteiger partial charge in [0.1, 0.15) is 0 Å². The fourth-order valence-electron chi connectivity index (χ4n) is 1.96. The first-order valence-corrected chi connectivity index (χ1v) is 5.16. The average molecular weight is 167 g/mol. The van der Waals surface area contributed by atoms with Gasteiger partial charge in [0, 0.05) is 6.04 Å². The van der Waals surface area contributed by atoms with Gasteiger partial charge in [-0.3, -0.25) is 0 Å². The maximum atomic E-state index is 2.52. The Bertz CT molecular complexity index is 140.